The number of rotatable bonds is 27. The summed E-state index contributed by atoms with van der Waals surface area (Å²) in [6, 6.07) is -1.46. The minimum Gasteiger partial charge on any atom is -0.481 e. The van der Waals surface area contributed by atoms with Crippen molar-refractivity contribution in [2.75, 3.05) is 62.7 Å². The molecule has 0 radical (unpaired) electrons. The standard InChI is InChI=1S/C50H85NO36S2/c1-13(44(72)73)9-88-10-14-2-17(26(60)27(61)24(14)58)77-39-19(4-53)78-47(33(67)28(39)62)84-41-21(6-55)81-49(36(70)31(41)65)87-43-23(12-89-11-15(51)45(74)75)82-50(37(71)32(43)66)86-42-22(7-56)80-48(35(69)30(42)64)85-40-20(5-54)79-46(34(68)29(40)63)83-38-18(3-52)76-8-16(57)25(38)59/h13-43,46-50,52-71H,2-12,51H2,1H3,(H,72,73)(H,74,75)/t13-,14?,15-,16?,17+,18?,19?,20?,21?,22?,23?,24-,25-,26?,27+,28?,29?,30?,31?,32?,33+,34+,35+,36+,37+,38-,39-,40-,41-,42-,43-,46-,47+,48-,49+,50+/m1/s1. The first-order chi connectivity index (χ1) is 42.1. The van der Waals surface area contributed by atoms with Gasteiger partial charge in [-0.3, -0.25) is 9.59 Å². The molecule has 0 bridgehead atoms. The van der Waals surface area contributed by atoms with Gasteiger partial charge < -0.3 is 175 Å². The molecule has 0 aromatic heterocycles. The van der Waals surface area contributed by atoms with Crippen LogP contribution in [0.3, 0.4) is 0 Å². The van der Waals surface area contributed by atoms with E-state index in [2.05, 4.69) is 0 Å². The van der Waals surface area contributed by atoms with Crippen LogP contribution in [-0.2, 0) is 66.4 Å². The van der Waals surface area contributed by atoms with Crippen LogP contribution < -0.4 is 5.73 Å². The average molecular weight is 1340 g/mol. The van der Waals surface area contributed by atoms with Gasteiger partial charge in [0.25, 0.3) is 0 Å². The third kappa shape index (κ3) is 17.1. The number of hydrogen-bond donors (Lipinski definition) is 23. The Kier molecular flexibility index (Phi) is 28.0. The highest BCUT2D eigenvalue weighted by molar-refractivity contribution is 7.99. The first-order valence-electron chi connectivity index (χ1n) is 28.6. The third-order valence-electron chi connectivity index (χ3n) is 16.6. The first-order valence-corrected chi connectivity index (χ1v) is 30.9. The van der Waals surface area contributed by atoms with E-state index in [4.69, 9.17) is 62.6 Å². The van der Waals surface area contributed by atoms with Crippen LogP contribution in [0.2, 0.25) is 0 Å². The van der Waals surface area contributed by atoms with Crippen LogP contribution in [0.5, 0.6) is 0 Å². The Morgan fingerprint density at radius 2 is 0.753 bits per heavy atom. The van der Waals surface area contributed by atoms with Gasteiger partial charge in [-0.1, -0.05) is 6.92 Å². The fourth-order valence-corrected chi connectivity index (χ4v) is 13.5. The van der Waals surface area contributed by atoms with Crippen molar-refractivity contribution in [3.63, 3.8) is 0 Å². The highest BCUT2D eigenvalue weighted by Crippen LogP contribution is 2.39. The van der Waals surface area contributed by atoms with Gasteiger partial charge in [0.05, 0.1) is 63.9 Å². The Morgan fingerprint density at radius 3 is 1.11 bits per heavy atom. The van der Waals surface area contributed by atoms with E-state index in [0.29, 0.717) is 0 Å². The van der Waals surface area contributed by atoms with Crippen molar-refractivity contribution in [3.8, 4) is 0 Å². The van der Waals surface area contributed by atoms with Crippen molar-refractivity contribution in [1.29, 1.82) is 0 Å². The third-order valence-corrected chi connectivity index (χ3v) is 19.1. The van der Waals surface area contributed by atoms with Crippen molar-refractivity contribution in [2.45, 2.75) is 222 Å². The minimum absolute atomic E-state index is 0.117. The van der Waals surface area contributed by atoms with Crippen LogP contribution in [0.25, 0.3) is 0 Å². The molecule has 14 unspecified atom stereocenters. The molecule has 7 rings (SSSR count). The molecule has 36 atom stereocenters. The normalized spacial score (nSPS) is 48.2. The highest BCUT2D eigenvalue weighted by Gasteiger charge is 2.58. The fourth-order valence-electron chi connectivity index (χ4n) is 11.2. The smallest absolute Gasteiger partial charge is 0.321 e. The van der Waals surface area contributed by atoms with E-state index in [-0.39, 0.29) is 36.0 Å². The maximum Gasteiger partial charge on any atom is 0.321 e. The van der Waals surface area contributed by atoms with Crippen molar-refractivity contribution >= 4 is 35.5 Å². The molecular weight excluding hydrogens is 1250 g/mol. The predicted molar refractivity (Wildman–Crippen MR) is 287 cm³/mol. The largest absolute Gasteiger partial charge is 0.481 e. The number of aliphatic hydroxyl groups excluding tert-OH is 20. The Labute approximate surface area is 514 Å². The summed E-state index contributed by atoms with van der Waals surface area (Å²) in [7, 11) is 0. The molecule has 39 heteroatoms. The van der Waals surface area contributed by atoms with Crippen LogP contribution in [0.1, 0.15) is 13.3 Å². The van der Waals surface area contributed by atoms with E-state index in [1.54, 1.807) is 0 Å². The molecule has 7 aliphatic rings. The van der Waals surface area contributed by atoms with Crippen molar-refractivity contribution in [3.05, 3.63) is 0 Å². The van der Waals surface area contributed by atoms with Crippen LogP contribution in [0.15, 0.2) is 0 Å². The summed E-state index contributed by atoms with van der Waals surface area (Å²) < 4.78 is 68.9. The maximum absolute atomic E-state index is 11.7. The molecule has 1 saturated carbocycles. The van der Waals surface area contributed by atoms with E-state index in [0.717, 1.165) is 23.5 Å². The quantitative estimate of drug-likeness (QED) is 0.0363. The van der Waals surface area contributed by atoms with Crippen molar-refractivity contribution in [2.24, 2.45) is 17.6 Å². The topological polar surface area (TPSA) is 616 Å². The van der Waals surface area contributed by atoms with Gasteiger partial charge in [0.15, 0.2) is 31.5 Å². The zero-order valence-corrected chi connectivity index (χ0v) is 49.1. The minimum atomic E-state index is -2.24. The molecule has 518 valence electrons. The van der Waals surface area contributed by atoms with Gasteiger partial charge in [-0.25, -0.2) is 0 Å². The molecule has 6 aliphatic heterocycles. The summed E-state index contributed by atoms with van der Waals surface area (Å²) in [6.07, 6.45) is -61.4. The lowest BCUT2D eigenvalue weighted by molar-refractivity contribution is -0.393. The number of nitrogens with two attached hydrogens (primary N) is 1. The van der Waals surface area contributed by atoms with Crippen LogP contribution in [-0.4, -0.2) is 395 Å². The maximum atomic E-state index is 11.7. The summed E-state index contributed by atoms with van der Waals surface area (Å²) in [4.78, 5) is 22.9. The Morgan fingerprint density at radius 1 is 0.416 bits per heavy atom. The molecule has 0 aromatic carbocycles. The molecule has 6 saturated heterocycles. The van der Waals surface area contributed by atoms with Gasteiger partial charge in [-0.2, -0.15) is 23.5 Å². The van der Waals surface area contributed by atoms with E-state index in [1.165, 1.54) is 6.92 Å². The number of thioether (sulfide) groups is 2. The van der Waals surface area contributed by atoms with Gasteiger partial charge in [0, 0.05) is 17.3 Å². The predicted octanol–water partition coefficient (Wildman–Crippen LogP) is -13.3. The Bertz CT molecular complexity index is 2170. The molecule has 24 N–H and O–H groups in total. The van der Waals surface area contributed by atoms with Gasteiger partial charge >= 0.3 is 11.9 Å². The van der Waals surface area contributed by atoms with E-state index >= 15 is 0 Å². The molecule has 6 heterocycles. The zero-order chi connectivity index (χ0) is 65.6. The molecule has 0 spiro atoms. The zero-order valence-electron chi connectivity index (χ0n) is 47.5. The Hall–Kier alpha value is -1.68. The number of hydrogen-bond acceptors (Lipinski definition) is 37. The number of carboxylic acids is 2. The van der Waals surface area contributed by atoms with Crippen LogP contribution >= 0.6 is 23.5 Å². The van der Waals surface area contributed by atoms with Gasteiger partial charge in [-0.15, -0.1) is 0 Å². The van der Waals surface area contributed by atoms with E-state index in [1.807, 2.05) is 0 Å². The Balaban J connectivity index is 0.993. The molecule has 89 heavy (non-hydrogen) atoms. The second kappa shape index (κ2) is 33.3. The SMILES string of the molecule is C[C@H](CSCC1C[C@H](O[C@@H]2C(CO)O[C@@H](O[C@@H]3C(CO)O[C@@H](O[C@@H]4C(CSC[C@@H](N)C(=O)O)O[C@@H](O[C@@H]5C(CO)O[C@H](O[C@@H]6C(CO)O[C@H](O[C@@H]7C(CO)OCC(O)[C@H]7O)[C@@H](O)C6O)[C@@H](O)C5O)[C@@H](O)C4O)[C@@H](O)C3O)[C@@H](O)C2O)C(O)[C@@H](O)[C@@H]1O)C(=O)O. The summed E-state index contributed by atoms with van der Waals surface area (Å²) in [5.41, 5.74) is 5.70. The fraction of sp³-hybridized carbons (Fsp3) is 0.960. The molecule has 7 fully saturated rings. The lowest BCUT2D eigenvalue weighted by atomic mass is 9.81. The molecule has 1 aliphatic carbocycles. The lowest BCUT2D eigenvalue weighted by Crippen LogP contribution is -2.68. The lowest BCUT2D eigenvalue weighted by Gasteiger charge is -2.50. The summed E-state index contributed by atoms with van der Waals surface area (Å²) in [5.74, 6) is -4.43. The van der Waals surface area contributed by atoms with E-state index in [9.17, 15) is 122 Å². The first kappa shape index (κ1) is 74.7. The summed E-state index contributed by atoms with van der Waals surface area (Å²) in [5, 5.41) is 237. The second-order valence-corrected chi connectivity index (χ2v) is 25.0. The molecule has 0 amide bonds. The number of carboxylic acid groups (broad SMARTS) is 2. The molecule has 37 nitrogen and oxygen atoms in total. The van der Waals surface area contributed by atoms with Crippen LogP contribution in [0.4, 0.5) is 0 Å². The molecule has 0 aromatic rings. The second-order valence-electron chi connectivity index (χ2n) is 22.8. The highest BCUT2D eigenvalue weighted by atomic mass is 32.2. The van der Waals surface area contributed by atoms with Gasteiger partial charge in [0.1, 0.15) is 159 Å². The summed E-state index contributed by atoms with van der Waals surface area (Å²) >= 11 is 1.96. The number of ether oxygens (including phenoxy) is 12. The number of aliphatic hydroxyl groups is 20. The van der Waals surface area contributed by atoms with Crippen molar-refractivity contribution in [1.82, 2.24) is 0 Å². The monoisotopic (exact) mass is 1340 g/mol. The average Bonchev–Trinajstić information content (AvgIpc) is 1.39. The number of aliphatic carboxylic acids is 2. The van der Waals surface area contributed by atoms with Crippen LogP contribution in [0, 0.1) is 11.8 Å². The number of carbonyl (C=O) groups is 2. The van der Waals surface area contributed by atoms with Gasteiger partial charge in [-0.05, 0) is 18.1 Å². The van der Waals surface area contributed by atoms with Crippen molar-refractivity contribution < 1.29 is 179 Å². The van der Waals surface area contributed by atoms with Gasteiger partial charge in [0.2, 0.25) is 0 Å². The molecular formula is C50H85NO36S2. The summed E-state index contributed by atoms with van der Waals surface area (Å²) in [6.45, 7) is -3.67. The van der Waals surface area contributed by atoms with E-state index < -0.39 is 265 Å².